The fourth-order valence-electron chi connectivity index (χ4n) is 2.76. The maximum atomic E-state index is 13.7. The van der Waals surface area contributed by atoms with Gasteiger partial charge in [0.05, 0.1) is 24.0 Å². The predicted molar refractivity (Wildman–Crippen MR) is 102 cm³/mol. The van der Waals surface area contributed by atoms with E-state index in [4.69, 9.17) is 16.1 Å². The average molecular weight is 449 g/mol. The molecule has 31 heavy (non-hydrogen) atoms. The molecule has 158 valence electrons. The molecule has 1 amide bonds. The normalized spacial score (nSPS) is 11.5. The molecule has 0 aliphatic carbocycles. The summed E-state index contributed by atoms with van der Waals surface area (Å²) in [7, 11) is 0. The van der Waals surface area contributed by atoms with Crippen LogP contribution >= 0.6 is 11.6 Å². The highest BCUT2D eigenvalue weighted by Crippen LogP contribution is 2.33. The molecule has 8 nitrogen and oxygen atoms in total. The number of alkyl halides is 3. The van der Waals surface area contributed by atoms with E-state index < -0.39 is 23.3 Å². The van der Waals surface area contributed by atoms with Crippen LogP contribution in [0.25, 0.3) is 17.1 Å². The second-order valence-electron chi connectivity index (χ2n) is 6.22. The Kier molecular flexibility index (Phi) is 5.42. The largest absolute Gasteiger partial charge is 0.434 e. The van der Waals surface area contributed by atoms with Crippen LogP contribution in [0.2, 0.25) is 5.02 Å². The van der Waals surface area contributed by atoms with Crippen molar-refractivity contribution in [2.45, 2.75) is 12.7 Å². The summed E-state index contributed by atoms with van der Waals surface area (Å²) in [4.78, 5) is 20.5. The number of halogens is 4. The number of hydrogen-bond acceptors (Lipinski definition) is 6. The number of nitrogens with one attached hydrogen (secondary N) is 1. The zero-order chi connectivity index (χ0) is 22.0. The minimum Gasteiger partial charge on any atom is -0.343 e. The number of carbonyl (C=O) groups is 1. The van der Waals surface area contributed by atoms with Gasteiger partial charge >= 0.3 is 6.18 Å². The smallest absolute Gasteiger partial charge is 0.343 e. The average Bonchev–Trinajstić information content (AvgIpc) is 3.41. The van der Waals surface area contributed by atoms with Crippen molar-refractivity contribution in [1.29, 1.82) is 0 Å². The van der Waals surface area contributed by atoms with Crippen LogP contribution in [-0.2, 0) is 12.7 Å². The third kappa shape index (κ3) is 4.40. The van der Waals surface area contributed by atoms with Gasteiger partial charge in [-0.3, -0.25) is 9.78 Å². The molecule has 0 bridgehead atoms. The maximum absolute atomic E-state index is 13.7. The van der Waals surface area contributed by atoms with Gasteiger partial charge in [0.1, 0.15) is 0 Å². The number of nitrogens with zero attached hydrogens (tertiary/aromatic N) is 5. The second kappa shape index (κ2) is 8.19. The topological polar surface area (TPSA) is 98.7 Å². The fraction of sp³-hybridized carbons (Fsp3) is 0.105. The Morgan fingerprint density at radius 1 is 1.13 bits per heavy atom. The minimum absolute atomic E-state index is 0.0267. The summed E-state index contributed by atoms with van der Waals surface area (Å²) in [5, 5.41) is 10.2. The molecule has 1 N–H and O–H groups in total. The van der Waals surface area contributed by atoms with Crippen molar-refractivity contribution in [2.24, 2.45) is 0 Å². The molecule has 0 fully saturated rings. The van der Waals surface area contributed by atoms with Crippen LogP contribution in [0, 0.1) is 0 Å². The molecule has 0 saturated heterocycles. The van der Waals surface area contributed by atoms with Gasteiger partial charge in [-0.2, -0.15) is 23.3 Å². The summed E-state index contributed by atoms with van der Waals surface area (Å²) in [6.07, 6.45) is -0.890. The summed E-state index contributed by atoms with van der Waals surface area (Å²) < 4.78 is 46.8. The van der Waals surface area contributed by atoms with E-state index in [-0.39, 0.29) is 23.9 Å². The zero-order valence-electron chi connectivity index (χ0n) is 15.5. The van der Waals surface area contributed by atoms with E-state index >= 15 is 0 Å². The van der Waals surface area contributed by atoms with Gasteiger partial charge in [0.2, 0.25) is 11.7 Å². The Hall–Kier alpha value is -3.73. The Morgan fingerprint density at radius 2 is 1.84 bits per heavy atom. The molecule has 3 heterocycles. The number of aromatic nitrogens is 5. The lowest BCUT2D eigenvalue weighted by Gasteiger charge is -2.12. The maximum Gasteiger partial charge on any atom is 0.434 e. The molecular formula is C19H12ClF3N6O2. The van der Waals surface area contributed by atoms with Gasteiger partial charge < -0.3 is 9.84 Å². The van der Waals surface area contributed by atoms with Crippen molar-refractivity contribution in [1.82, 2.24) is 30.2 Å². The van der Waals surface area contributed by atoms with E-state index in [9.17, 15) is 18.0 Å². The number of rotatable bonds is 5. The van der Waals surface area contributed by atoms with Crippen LogP contribution in [-0.4, -0.2) is 30.8 Å². The third-order valence-corrected chi connectivity index (χ3v) is 4.41. The van der Waals surface area contributed by atoms with Gasteiger partial charge in [0.25, 0.3) is 5.91 Å². The number of benzene rings is 1. The first kappa shape index (κ1) is 20.5. The highest BCUT2D eigenvalue weighted by atomic mass is 35.5. The Morgan fingerprint density at radius 3 is 2.52 bits per heavy atom. The summed E-state index contributed by atoms with van der Waals surface area (Å²) in [6, 6.07) is 8.90. The van der Waals surface area contributed by atoms with Crippen molar-refractivity contribution in [3.8, 4) is 17.1 Å². The summed E-state index contributed by atoms with van der Waals surface area (Å²) in [5.41, 5.74) is -1.11. The molecule has 0 aliphatic rings. The molecule has 4 rings (SSSR count). The first-order valence-corrected chi connectivity index (χ1v) is 9.13. The van der Waals surface area contributed by atoms with Crippen LogP contribution in [0.5, 0.6) is 0 Å². The second-order valence-corrected chi connectivity index (χ2v) is 6.66. The van der Waals surface area contributed by atoms with E-state index in [1.165, 1.54) is 24.3 Å². The van der Waals surface area contributed by atoms with Gasteiger partial charge in [-0.05, 0) is 36.4 Å². The summed E-state index contributed by atoms with van der Waals surface area (Å²) >= 11 is 5.79. The number of hydrogen-bond donors (Lipinski definition) is 1. The van der Waals surface area contributed by atoms with Gasteiger partial charge in [-0.1, -0.05) is 16.8 Å². The highest BCUT2D eigenvalue weighted by molar-refractivity contribution is 6.30. The van der Waals surface area contributed by atoms with Crippen LogP contribution in [0.15, 0.2) is 59.5 Å². The van der Waals surface area contributed by atoms with E-state index in [2.05, 4.69) is 25.5 Å². The first-order valence-electron chi connectivity index (χ1n) is 8.75. The van der Waals surface area contributed by atoms with Gasteiger partial charge in [-0.25, -0.2) is 4.68 Å². The molecule has 0 radical (unpaired) electrons. The van der Waals surface area contributed by atoms with E-state index in [1.54, 1.807) is 24.5 Å². The molecule has 3 aromatic heterocycles. The van der Waals surface area contributed by atoms with Crippen LogP contribution < -0.4 is 5.32 Å². The van der Waals surface area contributed by atoms with Crippen molar-refractivity contribution < 1.29 is 22.5 Å². The standard InChI is InChI=1S/C19H12ClF3N6O2/c20-12-1-3-13(4-2-12)29-16(19(21,22)23)14(9-26-29)18(30)25-10-15-27-17(28-31-15)11-5-7-24-8-6-11/h1-9H,10H2,(H,25,30). The molecule has 0 unspecified atom stereocenters. The predicted octanol–water partition coefficient (Wildman–Crippen LogP) is 3.92. The molecular weight excluding hydrogens is 437 g/mol. The van der Waals surface area contributed by atoms with Crippen molar-refractivity contribution in [2.75, 3.05) is 0 Å². The van der Waals surface area contributed by atoms with Gasteiger partial charge in [0.15, 0.2) is 5.69 Å². The molecule has 0 saturated carbocycles. The Bertz CT molecular complexity index is 1210. The zero-order valence-corrected chi connectivity index (χ0v) is 16.2. The van der Waals surface area contributed by atoms with Crippen molar-refractivity contribution in [3.05, 3.63) is 77.2 Å². The van der Waals surface area contributed by atoms with E-state index in [0.717, 1.165) is 6.20 Å². The van der Waals surface area contributed by atoms with Gasteiger partial charge in [-0.15, -0.1) is 0 Å². The quantitative estimate of drug-likeness (QED) is 0.497. The molecule has 1 aromatic carbocycles. The van der Waals surface area contributed by atoms with Crippen LogP contribution in [0.4, 0.5) is 13.2 Å². The lowest BCUT2D eigenvalue weighted by Crippen LogP contribution is -2.26. The van der Waals surface area contributed by atoms with E-state index in [0.29, 0.717) is 15.3 Å². The summed E-state index contributed by atoms with van der Waals surface area (Å²) in [5.74, 6) is -0.701. The van der Waals surface area contributed by atoms with Crippen LogP contribution in [0.1, 0.15) is 21.9 Å². The Labute approximate surface area is 177 Å². The van der Waals surface area contributed by atoms with E-state index in [1.807, 2.05) is 0 Å². The summed E-state index contributed by atoms with van der Waals surface area (Å²) in [6.45, 7) is -0.264. The monoisotopic (exact) mass is 448 g/mol. The molecule has 4 aromatic rings. The van der Waals surface area contributed by atoms with Gasteiger partial charge in [0, 0.05) is 23.0 Å². The highest BCUT2D eigenvalue weighted by Gasteiger charge is 2.40. The van der Waals surface area contributed by atoms with Crippen molar-refractivity contribution >= 4 is 17.5 Å². The lowest BCUT2D eigenvalue weighted by atomic mass is 10.2. The Balaban J connectivity index is 1.55. The molecule has 0 atom stereocenters. The number of amides is 1. The van der Waals surface area contributed by atoms with Crippen LogP contribution in [0.3, 0.4) is 0 Å². The molecule has 12 heteroatoms. The number of carbonyl (C=O) groups excluding carboxylic acids is 1. The minimum atomic E-state index is -4.83. The SMILES string of the molecule is O=C(NCc1nc(-c2ccncc2)no1)c1cnn(-c2ccc(Cl)cc2)c1C(F)(F)F. The fourth-order valence-corrected chi connectivity index (χ4v) is 2.89. The number of pyridine rings is 1. The van der Waals surface area contributed by atoms with Crippen molar-refractivity contribution in [3.63, 3.8) is 0 Å². The molecule has 0 spiro atoms. The third-order valence-electron chi connectivity index (χ3n) is 4.16. The molecule has 0 aliphatic heterocycles. The first-order chi connectivity index (χ1) is 14.8. The lowest BCUT2D eigenvalue weighted by molar-refractivity contribution is -0.143.